The molecule has 0 bridgehead atoms. The van der Waals surface area contributed by atoms with E-state index in [9.17, 15) is 9.90 Å². The summed E-state index contributed by atoms with van der Waals surface area (Å²) < 4.78 is 4.41. The van der Waals surface area contributed by atoms with Gasteiger partial charge in [0.05, 0.1) is 22.1 Å². The third-order valence-corrected chi connectivity index (χ3v) is 6.25. The Morgan fingerprint density at radius 2 is 1.78 bits per heavy atom. The maximum atomic E-state index is 10.6. The van der Waals surface area contributed by atoms with Crippen molar-refractivity contribution in [3.63, 3.8) is 0 Å². The summed E-state index contributed by atoms with van der Waals surface area (Å²) in [5, 5.41) is 10.6. The van der Waals surface area contributed by atoms with Crippen LogP contribution in [-0.2, 0) is 24.8 Å². The fourth-order valence-corrected chi connectivity index (χ4v) is 4.56. The van der Waals surface area contributed by atoms with Crippen molar-refractivity contribution in [2.24, 2.45) is 7.05 Å². The summed E-state index contributed by atoms with van der Waals surface area (Å²) in [6.45, 7) is 4.92. The molecular weight excluding hydrogens is 459 g/mol. The van der Waals surface area contributed by atoms with Crippen molar-refractivity contribution >= 4 is 28.0 Å². The van der Waals surface area contributed by atoms with Crippen LogP contribution in [0.5, 0.6) is 0 Å². The van der Waals surface area contributed by atoms with Crippen LogP contribution >= 0.6 is 0 Å². The third-order valence-electron chi connectivity index (χ3n) is 6.25. The maximum Gasteiger partial charge on any atom is 1.00 e. The zero-order chi connectivity index (χ0) is 24.5. The molecule has 6 nitrogen and oxygen atoms in total. The summed E-state index contributed by atoms with van der Waals surface area (Å²) in [4.78, 5) is 20.5. The second-order valence-corrected chi connectivity index (χ2v) is 8.74. The number of carbonyl (C=O) groups excluding carboxylic acids is 1. The minimum absolute atomic E-state index is 0. The molecule has 0 aliphatic heterocycles. The van der Waals surface area contributed by atoms with E-state index in [1.54, 1.807) is 0 Å². The van der Waals surface area contributed by atoms with Crippen molar-refractivity contribution in [1.29, 1.82) is 0 Å². The van der Waals surface area contributed by atoms with E-state index >= 15 is 0 Å². The molecule has 0 saturated carbocycles. The Morgan fingerprint density at radius 1 is 1.03 bits per heavy atom. The predicted octanol–water partition coefficient (Wildman–Crippen LogP) is 1.00. The van der Waals surface area contributed by atoms with Gasteiger partial charge in [-0.1, -0.05) is 37.1 Å². The molecular formula is C29H25N4NaO2. The number of hydrogen-bond acceptors (Lipinski definition) is 4. The fourth-order valence-electron chi connectivity index (χ4n) is 4.56. The minimum atomic E-state index is -1.38. The molecule has 0 aliphatic rings. The number of imidazole rings is 2. The molecule has 3 aromatic carbocycles. The van der Waals surface area contributed by atoms with Gasteiger partial charge in [-0.15, -0.1) is 0 Å². The molecule has 0 fully saturated rings. The zero-order valence-corrected chi connectivity index (χ0v) is 23.0. The van der Waals surface area contributed by atoms with Crippen molar-refractivity contribution in [3.05, 3.63) is 83.2 Å². The van der Waals surface area contributed by atoms with Gasteiger partial charge in [0.25, 0.3) is 0 Å². The summed E-state index contributed by atoms with van der Waals surface area (Å²) in [5.74, 6) is 5.25. The number of carbonyl (C=O) groups is 1. The minimum Gasteiger partial charge on any atom is -0.537 e. The molecule has 2 aromatic heterocycles. The number of para-hydroxylation sites is 2. The van der Waals surface area contributed by atoms with Gasteiger partial charge in [0.2, 0.25) is 0 Å². The van der Waals surface area contributed by atoms with Crippen LogP contribution in [-0.4, -0.2) is 25.1 Å². The summed E-state index contributed by atoms with van der Waals surface area (Å²) in [6, 6.07) is 20.1. The van der Waals surface area contributed by atoms with E-state index in [0.717, 1.165) is 63.2 Å². The Morgan fingerprint density at radius 3 is 2.47 bits per heavy atom. The van der Waals surface area contributed by atoms with Crippen LogP contribution in [0.15, 0.2) is 60.7 Å². The van der Waals surface area contributed by atoms with Gasteiger partial charge in [-0.2, -0.15) is 0 Å². The Balaban J connectivity index is 0.00000304. The van der Waals surface area contributed by atoms with E-state index in [1.165, 1.54) is 0 Å². The number of carboxylic acid groups (broad SMARTS) is 1. The fraction of sp³-hybridized carbons (Fsp3) is 0.207. The van der Waals surface area contributed by atoms with Gasteiger partial charge in [0.1, 0.15) is 17.6 Å². The van der Waals surface area contributed by atoms with Crippen molar-refractivity contribution in [2.45, 2.75) is 33.2 Å². The number of aliphatic carboxylic acids is 1. The first-order valence-corrected chi connectivity index (χ1v) is 11.7. The molecule has 174 valence electrons. The molecule has 5 rings (SSSR count). The maximum absolute atomic E-state index is 10.6. The van der Waals surface area contributed by atoms with Crippen LogP contribution in [0.1, 0.15) is 35.9 Å². The smallest absolute Gasteiger partial charge is 0.537 e. The number of carboxylic acids is 1. The predicted molar refractivity (Wildman–Crippen MR) is 136 cm³/mol. The van der Waals surface area contributed by atoms with Crippen molar-refractivity contribution < 1.29 is 39.5 Å². The van der Waals surface area contributed by atoms with E-state index in [0.29, 0.717) is 12.1 Å². The van der Waals surface area contributed by atoms with Crippen molar-refractivity contribution in [1.82, 2.24) is 19.1 Å². The molecule has 0 unspecified atom stereocenters. The standard InChI is InChI=1S/C29H26N4O2.Na/c1-4-7-26-31-28-19(2)16-22(29-30-23-8-5-6-9-24(23)32(29)3)17-25(28)33(26)18-21-12-10-20(11-13-21)14-15-27(34)35;/h5-6,8-13,16-17H,4,7,18H2,1-3H3,(H,34,35);/q;+1/p-1. The molecule has 0 aliphatic carbocycles. The van der Waals surface area contributed by atoms with Gasteiger partial charge in [-0.3, -0.25) is 0 Å². The topological polar surface area (TPSA) is 75.8 Å². The average Bonchev–Trinajstić information content (AvgIpc) is 3.37. The Kier molecular flexibility index (Phi) is 7.65. The normalized spacial score (nSPS) is 10.8. The van der Waals surface area contributed by atoms with E-state index in [2.05, 4.69) is 60.1 Å². The summed E-state index contributed by atoms with van der Waals surface area (Å²) in [7, 11) is 2.05. The van der Waals surface area contributed by atoms with Gasteiger partial charge >= 0.3 is 29.6 Å². The summed E-state index contributed by atoms with van der Waals surface area (Å²) in [5.41, 5.74) is 8.07. The van der Waals surface area contributed by atoms with Crippen LogP contribution in [0.3, 0.4) is 0 Å². The number of nitrogens with zero attached hydrogens (tertiary/aromatic N) is 4. The Labute approximate surface area is 232 Å². The van der Waals surface area contributed by atoms with Crippen LogP contribution in [0, 0.1) is 18.8 Å². The van der Waals surface area contributed by atoms with E-state index in [1.807, 2.05) is 42.5 Å². The monoisotopic (exact) mass is 484 g/mol. The van der Waals surface area contributed by atoms with Gasteiger partial charge in [-0.25, -0.2) is 9.97 Å². The first kappa shape index (κ1) is 25.7. The van der Waals surface area contributed by atoms with Gasteiger partial charge in [0, 0.05) is 31.1 Å². The number of aromatic nitrogens is 4. The van der Waals surface area contributed by atoms with E-state index in [4.69, 9.17) is 9.97 Å². The molecule has 2 heterocycles. The van der Waals surface area contributed by atoms with Crippen LogP contribution in [0.4, 0.5) is 0 Å². The van der Waals surface area contributed by atoms with Gasteiger partial charge in [-0.05, 0) is 66.8 Å². The summed E-state index contributed by atoms with van der Waals surface area (Å²) in [6.07, 6.45) is 1.88. The van der Waals surface area contributed by atoms with E-state index < -0.39 is 5.97 Å². The number of rotatable bonds is 5. The summed E-state index contributed by atoms with van der Waals surface area (Å²) >= 11 is 0. The van der Waals surface area contributed by atoms with Crippen LogP contribution < -0.4 is 34.7 Å². The first-order valence-electron chi connectivity index (χ1n) is 11.7. The molecule has 36 heavy (non-hydrogen) atoms. The molecule has 5 aromatic rings. The van der Waals surface area contributed by atoms with Crippen LogP contribution in [0.25, 0.3) is 33.5 Å². The molecule has 0 N–H and O–H groups in total. The van der Waals surface area contributed by atoms with Crippen molar-refractivity contribution in [3.8, 4) is 23.2 Å². The quantitative estimate of drug-likeness (QED) is 0.276. The molecule has 7 heteroatoms. The SMILES string of the molecule is CCCc1nc2c(C)cc(-c3nc4ccccc4n3C)cc2n1Cc1ccc(C#CC(=O)[O-])cc1.[Na+]. The van der Waals surface area contributed by atoms with Gasteiger partial charge < -0.3 is 19.0 Å². The van der Waals surface area contributed by atoms with Gasteiger partial charge in [0.15, 0.2) is 0 Å². The Hall–Kier alpha value is -3.37. The number of benzene rings is 3. The third kappa shape index (κ3) is 4.96. The molecule has 0 atom stereocenters. The molecule has 0 amide bonds. The molecule has 0 spiro atoms. The van der Waals surface area contributed by atoms with Crippen LogP contribution in [0.2, 0.25) is 0 Å². The van der Waals surface area contributed by atoms with E-state index in [-0.39, 0.29) is 29.6 Å². The number of fused-ring (bicyclic) bond motifs is 2. The Bertz CT molecular complexity index is 1640. The zero-order valence-electron chi connectivity index (χ0n) is 21.0. The first-order chi connectivity index (χ1) is 16.9. The second-order valence-electron chi connectivity index (χ2n) is 8.74. The molecule has 0 saturated heterocycles. The largest absolute Gasteiger partial charge is 1.00 e. The number of aryl methyl sites for hydroxylation is 3. The second kappa shape index (κ2) is 10.7. The van der Waals surface area contributed by atoms with Crippen molar-refractivity contribution in [2.75, 3.05) is 0 Å². The molecule has 0 radical (unpaired) electrons. The number of hydrogen-bond donors (Lipinski definition) is 0. The average molecular weight is 485 g/mol.